The topological polar surface area (TPSA) is 92.8 Å². The summed E-state index contributed by atoms with van der Waals surface area (Å²) in [5.74, 6) is -0.862. The third-order valence-corrected chi connectivity index (χ3v) is 6.39. The van der Waals surface area contributed by atoms with Crippen molar-refractivity contribution in [2.45, 2.75) is 20.4 Å². The van der Waals surface area contributed by atoms with Crippen molar-refractivity contribution in [1.29, 1.82) is 0 Å². The fourth-order valence-corrected chi connectivity index (χ4v) is 4.22. The zero-order chi connectivity index (χ0) is 24.2. The predicted molar refractivity (Wildman–Crippen MR) is 129 cm³/mol. The molecule has 0 aliphatic heterocycles. The highest BCUT2D eigenvalue weighted by molar-refractivity contribution is 7.92. The van der Waals surface area contributed by atoms with Gasteiger partial charge in [0.05, 0.1) is 31.2 Å². The Morgan fingerprint density at radius 2 is 1.58 bits per heavy atom. The summed E-state index contributed by atoms with van der Waals surface area (Å²) in [7, 11) is -2.24. The monoisotopic (exact) mass is 466 g/mol. The zero-order valence-corrected chi connectivity index (χ0v) is 19.8. The van der Waals surface area contributed by atoms with Crippen molar-refractivity contribution in [3.63, 3.8) is 0 Å². The van der Waals surface area contributed by atoms with Crippen LogP contribution in [0.5, 0.6) is 0 Å². The number of carbonyl (C=O) groups excluding carboxylic acids is 2. The molecule has 1 N–H and O–H groups in total. The van der Waals surface area contributed by atoms with E-state index in [1.54, 1.807) is 49.4 Å². The number of sulfonamides is 1. The maximum absolute atomic E-state index is 12.8. The molecule has 172 valence electrons. The average molecular weight is 467 g/mol. The van der Waals surface area contributed by atoms with Crippen molar-refractivity contribution in [3.8, 4) is 0 Å². The zero-order valence-electron chi connectivity index (χ0n) is 19.0. The minimum absolute atomic E-state index is 0.185. The number of ether oxygens (including phenoxy) is 1. The summed E-state index contributed by atoms with van der Waals surface area (Å²) < 4.78 is 30.9. The molecule has 3 aromatic rings. The minimum atomic E-state index is -3.54. The highest BCUT2D eigenvalue weighted by Gasteiger charge is 2.19. The molecule has 3 aromatic carbocycles. The smallest absolute Gasteiger partial charge is 0.338 e. The van der Waals surface area contributed by atoms with Crippen molar-refractivity contribution in [2.24, 2.45) is 0 Å². The normalized spacial score (nSPS) is 11.0. The Labute approximate surface area is 194 Å². The maximum atomic E-state index is 12.8. The van der Waals surface area contributed by atoms with E-state index in [4.69, 9.17) is 4.74 Å². The molecule has 0 spiro atoms. The second-order valence-electron chi connectivity index (χ2n) is 7.73. The molecule has 8 heteroatoms. The molecular weight excluding hydrogens is 440 g/mol. The summed E-state index contributed by atoms with van der Waals surface area (Å²) >= 11 is 0. The van der Waals surface area contributed by atoms with Crippen molar-refractivity contribution in [2.75, 3.05) is 23.0 Å². The molecule has 0 aromatic heterocycles. The molecule has 0 saturated heterocycles. The lowest BCUT2D eigenvalue weighted by atomic mass is 10.1. The van der Waals surface area contributed by atoms with Crippen LogP contribution in [0.3, 0.4) is 0 Å². The fourth-order valence-electron chi connectivity index (χ4n) is 3.34. The number of nitrogens with one attached hydrogen (secondary N) is 1. The van der Waals surface area contributed by atoms with Gasteiger partial charge < -0.3 is 10.1 Å². The van der Waals surface area contributed by atoms with Crippen LogP contribution in [0.25, 0.3) is 0 Å². The van der Waals surface area contributed by atoms with Crippen LogP contribution in [0, 0.1) is 13.8 Å². The Morgan fingerprint density at radius 1 is 0.939 bits per heavy atom. The second kappa shape index (κ2) is 9.87. The molecule has 0 bridgehead atoms. The van der Waals surface area contributed by atoms with Crippen LogP contribution in [0.4, 0.5) is 11.4 Å². The second-order valence-corrected chi connectivity index (χ2v) is 9.63. The van der Waals surface area contributed by atoms with Gasteiger partial charge in [-0.15, -0.1) is 0 Å². The lowest BCUT2D eigenvalue weighted by Crippen LogP contribution is -2.29. The summed E-state index contributed by atoms with van der Waals surface area (Å²) in [4.78, 5) is 24.6. The van der Waals surface area contributed by atoms with Crippen molar-refractivity contribution in [3.05, 3.63) is 94.5 Å². The van der Waals surface area contributed by atoms with E-state index >= 15 is 0 Å². The molecule has 0 atom stereocenters. The van der Waals surface area contributed by atoms with Crippen LogP contribution in [0.15, 0.2) is 66.7 Å². The van der Waals surface area contributed by atoms with Crippen LogP contribution >= 0.6 is 0 Å². The molecule has 33 heavy (non-hydrogen) atoms. The van der Waals surface area contributed by atoms with Gasteiger partial charge in [-0.2, -0.15) is 0 Å². The number of anilines is 2. The summed E-state index contributed by atoms with van der Waals surface area (Å²) in [6.07, 6.45) is 1.15. The maximum Gasteiger partial charge on any atom is 0.338 e. The van der Waals surface area contributed by atoms with E-state index in [2.05, 4.69) is 5.32 Å². The van der Waals surface area contributed by atoms with Crippen LogP contribution in [-0.2, 0) is 21.3 Å². The number of hydrogen-bond donors (Lipinski definition) is 1. The molecule has 0 aliphatic carbocycles. The van der Waals surface area contributed by atoms with Crippen molar-refractivity contribution in [1.82, 2.24) is 0 Å². The molecule has 0 radical (unpaired) electrons. The van der Waals surface area contributed by atoms with Crippen molar-refractivity contribution >= 4 is 33.3 Å². The number of hydrogen-bond acceptors (Lipinski definition) is 5. The van der Waals surface area contributed by atoms with E-state index in [-0.39, 0.29) is 12.5 Å². The van der Waals surface area contributed by atoms with Gasteiger partial charge in [0.15, 0.2) is 0 Å². The van der Waals surface area contributed by atoms with Gasteiger partial charge in [-0.25, -0.2) is 13.2 Å². The van der Waals surface area contributed by atoms with E-state index in [1.807, 2.05) is 31.2 Å². The fraction of sp³-hybridized carbons (Fsp3) is 0.200. The highest BCUT2D eigenvalue weighted by Crippen LogP contribution is 2.23. The van der Waals surface area contributed by atoms with Crippen molar-refractivity contribution < 1.29 is 22.7 Å². The van der Waals surface area contributed by atoms with Crippen LogP contribution in [-0.4, -0.2) is 33.7 Å². The molecule has 1 amide bonds. The summed E-state index contributed by atoms with van der Waals surface area (Å²) in [6, 6.07) is 19.0. The van der Waals surface area contributed by atoms with E-state index < -0.39 is 16.0 Å². The first-order valence-corrected chi connectivity index (χ1v) is 12.1. The van der Waals surface area contributed by atoms with Gasteiger partial charge in [-0.05, 0) is 61.4 Å². The number of amides is 1. The SMILES string of the molecule is COC(=O)c1cccc(NC(=O)c2ccc(N(Cc3ccc(C)cc3)S(C)(=O)=O)cc2)c1C. The lowest BCUT2D eigenvalue weighted by molar-refractivity contribution is 0.0599. The number of benzene rings is 3. The summed E-state index contributed by atoms with van der Waals surface area (Å²) in [6.45, 7) is 3.87. The summed E-state index contributed by atoms with van der Waals surface area (Å²) in [5.41, 5.74) is 4.20. The quantitative estimate of drug-likeness (QED) is 0.524. The Balaban J connectivity index is 1.81. The number of carbonyl (C=O) groups is 2. The molecule has 0 heterocycles. The first kappa shape index (κ1) is 24.0. The van der Waals surface area contributed by atoms with Gasteiger partial charge in [0, 0.05) is 11.3 Å². The van der Waals surface area contributed by atoms with Crippen LogP contribution in [0.2, 0.25) is 0 Å². The first-order valence-electron chi connectivity index (χ1n) is 10.2. The van der Waals surface area contributed by atoms with E-state index in [0.717, 1.165) is 17.4 Å². The Hall–Kier alpha value is -3.65. The van der Waals surface area contributed by atoms with Gasteiger partial charge in [0.25, 0.3) is 5.91 Å². The molecule has 3 rings (SSSR count). The number of nitrogens with zero attached hydrogens (tertiary/aromatic N) is 1. The van der Waals surface area contributed by atoms with Gasteiger partial charge in [0.1, 0.15) is 0 Å². The molecule has 7 nitrogen and oxygen atoms in total. The molecule has 0 unspecified atom stereocenters. The molecule has 0 aliphatic rings. The van der Waals surface area contributed by atoms with E-state index in [9.17, 15) is 18.0 Å². The Bertz CT molecular complexity index is 1270. The number of esters is 1. The number of rotatable bonds is 7. The van der Waals surface area contributed by atoms with E-state index in [1.165, 1.54) is 11.4 Å². The standard InChI is InChI=1S/C25H26N2O5S/c1-17-8-10-19(11-9-17)16-27(33(4,30)31)21-14-12-20(13-15-21)24(28)26-23-7-5-6-22(18(23)2)25(29)32-3/h5-15H,16H2,1-4H3,(H,26,28). The van der Waals surface area contributed by atoms with Gasteiger partial charge in [-0.3, -0.25) is 9.10 Å². The Morgan fingerprint density at radius 3 is 2.15 bits per heavy atom. The first-order chi connectivity index (χ1) is 15.6. The predicted octanol–water partition coefficient (Wildman–Crippen LogP) is 4.31. The number of methoxy groups -OCH3 is 1. The third-order valence-electron chi connectivity index (χ3n) is 5.25. The molecule has 0 fully saturated rings. The van der Waals surface area contributed by atoms with Crippen LogP contribution < -0.4 is 9.62 Å². The highest BCUT2D eigenvalue weighted by atomic mass is 32.2. The molecular formula is C25H26N2O5S. The Kier molecular flexibility index (Phi) is 7.18. The number of aryl methyl sites for hydroxylation is 1. The lowest BCUT2D eigenvalue weighted by Gasteiger charge is -2.23. The van der Waals surface area contributed by atoms with Crippen LogP contribution in [0.1, 0.15) is 37.4 Å². The molecule has 0 saturated carbocycles. The summed E-state index contributed by atoms with van der Waals surface area (Å²) in [5, 5.41) is 2.79. The minimum Gasteiger partial charge on any atom is -0.465 e. The van der Waals surface area contributed by atoms with Gasteiger partial charge in [0.2, 0.25) is 10.0 Å². The van der Waals surface area contributed by atoms with Gasteiger partial charge in [-0.1, -0.05) is 35.9 Å². The largest absolute Gasteiger partial charge is 0.465 e. The van der Waals surface area contributed by atoms with Gasteiger partial charge >= 0.3 is 5.97 Å². The third kappa shape index (κ3) is 5.78. The average Bonchev–Trinajstić information content (AvgIpc) is 2.79. The van der Waals surface area contributed by atoms with E-state index in [0.29, 0.717) is 28.1 Å².